The van der Waals surface area contributed by atoms with E-state index in [4.69, 9.17) is 9.47 Å². The van der Waals surface area contributed by atoms with Crippen LogP contribution in [0.1, 0.15) is 12.8 Å². The van der Waals surface area contributed by atoms with Gasteiger partial charge in [-0.2, -0.15) is 0 Å². The molecular weight excluding hydrogens is 242 g/mol. The third-order valence-electron chi connectivity index (χ3n) is 2.61. The molecule has 0 aliphatic carbocycles. The van der Waals surface area contributed by atoms with Gasteiger partial charge in [0.1, 0.15) is 13.2 Å². The minimum absolute atomic E-state index is 0.0504. The molecular formula is C10H15N3O5. The van der Waals surface area contributed by atoms with Crippen molar-refractivity contribution in [3.63, 3.8) is 0 Å². The first-order chi connectivity index (χ1) is 8.65. The van der Waals surface area contributed by atoms with Gasteiger partial charge in [0, 0.05) is 6.61 Å². The van der Waals surface area contributed by atoms with Crippen molar-refractivity contribution in [3.05, 3.63) is 0 Å². The lowest BCUT2D eigenvalue weighted by atomic mass is 10.2. The van der Waals surface area contributed by atoms with E-state index in [1.54, 1.807) is 0 Å². The van der Waals surface area contributed by atoms with Crippen molar-refractivity contribution >= 4 is 17.8 Å². The Morgan fingerprint density at radius 3 is 3.00 bits per heavy atom. The van der Waals surface area contributed by atoms with Crippen LogP contribution in [0.25, 0.3) is 0 Å². The lowest BCUT2D eigenvalue weighted by molar-refractivity contribution is -0.130. The molecule has 18 heavy (non-hydrogen) atoms. The van der Waals surface area contributed by atoms with Crippen LogP contribution in [-0.2, 0) is 19.1 Å². The summed E-state index contributed by atoms with van der Waals surface area (Å²) >= 11 is 0. The van der Waals surface area contributed by atoms with Crippen LogP contribution < -0.4 is 10.7 Å². The Kier molecular flexibility index (Phi) is 4.11. The Labute approximate surface area is 104 Å². The van der Waals surface area contributed by atoms with E-state index in [1.807, 2.05) is 5.32 Å². The lowest BCUT2D eigenvalue weighted by Gasteiger charge is -2.15. The number of ether oxygens (including phenoxy) is 2. The predicted octanol–water partition coefficient (Wildman–Crippen LogP) is -1.23. The first-order valence-corrected chi connectivity index (χ1v) is 5.75. The van der Waals surface area contributed by atoms with Gasteiger partial charge in [-0.25, -0.2) is 9.80 Å². The second kappa shape index (κ2) is 5.78. The normalized spacial score (nSPS) is 23.3. The number of amides is 4. The summed E-state index contributed by atoms with van der Waals surface area (Å²) in [7, 11) is 0. The van der Waals surface area contributed by atoms with Crippen LogP contribution in [0, 0.1) is 0 Å². The fourth-order valence-corrected chi connectivity index (χ4v) is 1.77. The number of urea groups is 1. The summed E-state index contributed by atoms with van der Waals surface area (Å²) < 4.78 is 10.5. The van der Waals surface area contributed by atoms with Gasteiger partial charge >= 0.3 is 6.03 Å². The second-order valence-electron chi connectivity index (χ2n) is 4.12. The number of hydrogen-bond acceptors (Lipinski definition) is 5. The standard InChI is InChI=1S/C10H15N3O5/c14-8-4-13(10(16)11-8)12-9(15)6-17-5-7-2-1-3-18-7/h7H,1-6H2,(H,12,15)(H,11,14,16)/t7-/m0/s1. The molecule has 0 saturated carbocycles. The smallest absolute Gasteiger partial charge is 0.343 e. The van der Waals surface area contributed by atoms with Crippen LogP contribution in [0.15, 0.2) is 0 Å². The molecule has 0 aromatic heterocycles. The quantitative estimate of drug-likeness (QED) is 0.601. The molecule has 2 aliphatic rings. The Bertz CT molecular complexity index is 353. The maximum atomic E-state index is 11.4. The molecule has 8 heteroatoms. The van der Waals surface area contributed by atoms with Gasteiger partial charge in [-0.05, 0) is 12.8 Å². The molecule has 2 heterocycles. The molecule has 4 amide bonds. The van der Waals surface area contributed by atoms with E-state index < -0.39 is 17.8 Å². The van der Waals surface area contributed by atoms with Crippen molar-refractivity contribution < 1.29 is 23.9 Å². The summed E-state index contributed by atoms with van der Waals surface area (Å²) in [6, 6.07) is -0.632. The van der Waals surface area contributed by atoms with Crippen molar-refractivity contribution in [3.8, 4) is 0 Å². The molecule has 0 bridgehead atoms. The molecule has 2 rings (SSSR count). The lowest BCUT2D eigenvalue weighted by Crippen LogP contribution is -2.45. The monoisotopic (exact) mass is 257 g/mol. The summed E-state index contributed by atoms with van der Waals surface area (Å²) in [6.45, 7) is 0.753. The zero-order chi connectivity index (χ0) is 13.0. The van der Waals surface area contributed by atoms with Gasteiger partial charge in [-0.1, -0.05) is 0 Å². The van der Waals surface area contributed by atoms with Gasteiger partial charge in [-0.3, -0.25) is 20.3 Å². The first kappa shape index (κ1) is 12.8. The van der Waals surface area contributed by atoms with E-state index in [0.717, 1.165) is 24.5 Å². The molecule has 2 fully saturated rings. The molecule has 1 atom stereocenters. The summed E-state index contributed by atoms with van der Waals surface area (Å²) in [4.78, 5) is 33.4. The number of carbonyl (C=O) groups is 3. The number of hydrogen-bond donors (Lipinski definition) is 2. The molecule has 0 aromatic rings. The van der Waals surface area contributed by atoms with E-state index in [9.17, 15) is 14.4 Å². The van der Waals surface area contributed by atoms with Gasteiger partial charge in [0.2, 0.25) is 5.91 Å². The zero-order valence-electron chi connectivity index (χ0n) is 9.81. The SMILES string of the molecule is O=C1CN(NC(=O)COC[C@@H]2CCCO2)C(=O)N1. The fraction of sp³-hybridized carbons (Fsp3) is 0.700. The van der Waals surface area contributed by atoms with E-state index >= 15 is 0 Å². The molecule has 0 spiro atoms. The van der Waals surface area contributed by atoms with Crippen LogP contribution in [0.2, 0.25) is 0 Å². The van der Waals surface area contributed by atoms with E-state index in [2.05, 4.69) is 5.43 Å². The van der Waals surface area contributed by atoms with Crippen LogP contribution in [-0.4, -0.2) is 55.3 Å². The van der Waals surface area contributed by atoms with Gasteiger partial charge in [0.15, 0.2) is 0 Å². The summed E-state index contributed by atoms with van der Waals surface area (Å²) in [5.74, 6) is -0.918. The third kappa shape index (κ3) is 3.41. The number of hydrazine groups is 1. The van der Waals surface area contributed by atoms with Crippen LogP contribution in [0.5, 0.6) is 0 Å². The van der Waals surface area contributed by atoms with Crippen molar-refractivity contribution in [2.24, 2.45) is 0 Å². The highest BCUT2D eigenvalue weighted by atomic mass is 16.5. The number of nitrogens with zero attached hydrogens (tertiary/aromatic N) is 1. The van der Waals surface area contributed by atoms with Gasteiger partial charge < -0.3 is 9.47 Å². The number of imide groups is 1. The van der Waals surface area contributed by atoms with Crippen LogP contribution in [0.4, 0.5) is 4.79 Å². The summed E-state index contributed by atoms with van der Waals surface area (Å²) in [6.07, 6.45) is 2.00. The molecule has 0 radical (unpaired) electrons. The Morgan fingerprint density at radius 2 is 2.39 bits per heavy atom. The van der Waals surface area contributed by atoms with Crippen LogP contribution in [0.3, 0.4) is 0 Å². The molecule has 100 valence electrons. The fourth-order valence-electron chi connectivity index (χ4n) is 1.77. The topological polar surface area (TPSA) is 97.0 Å². The van der Waals surface area contributed by atoms with Crippen molar-refractivity contribution in [2.75, 3.05) is 26.4 Å². The molecule has 2 N–H and O–H groups in total. The largest absolute Gasteiger partial charge is 0.376 e. The Hall–Kier alpha value is -1.67. The minimum Gasteiger partial charge on any atom is -0.376 e. The highest BCUT2D eigenvalue weighted by Crippen LogP contribution is 2.11. The average molecular weight is 257 g/mol. The highest BCUT2D eigenvalue weighted by molar-refractivity contribution is 6.02. The zero-order valence-corrected chi connectivity index (χ0v) is 9.81. The van der Waals surface area contributed by atoms with Crippen molar-refractivity contribution in [2.45, 2.75) is 18.9 Å². The van der Waals surface area contributed by atoms with Gasteiger partial charge in [-0.15, -0.1) is 0 Å². The highest BCUT2D eigenvalue weighted by Gasteiger charge is 2.28. The first-order valence-electron chi connectivity index (χ1n) is 5.75. The van der Waals surface area contributed by atoms with Crippen LogP contribution >= 0.6 is 0 Å². The molecule has 0 aromatic carbocycles. The molecule has 0 unspecified atom stereocenters. The average Bonchev–Trinajstić information content (AvgIpc) is 2.90. The van der Waals surface area contributed by atoms with E-state index in [1.165, 1.54) is 0 Å². The van der Waals surface area contributed by atoms with Gasteiger partial charge in [0.25, 0.3) is 5.91 Å². The second-order valence-corrected chi connectivity index (χ2v) is 4.12. The Balaban J connectivity index is 1.62. The molecule has 8 nitrogen and oxygen atoms in total. The third-order valence-corrected chi connectivity index (χ3v) is 2.61. The maximum Gasteiger partial charge on any atom is 0.343 e. The van der Waals surface area contributed by atoms with Gasteiger partial charge in [0.05, 0.1) is 12.7 Å². The van der Waals surface area contributed by atoms with E-state index in [-0.39, 0.29) is 19.3 Å². The summed E-state index contributed by atoms with van der Waals surface area (Å²) in [5, 5.41) is 2.96. The predicted molar refractivity (Wildman–Crippen MR) is 58.2 cm³/mol. The van der Waals surface area contributed by atoms with Crippen molar-refractivity contribution in [1.82, 2.24) is 15.8 Å². The minimum atomic E-state index is -0.632. The number of rotatable bonds is 5. The molecule has 2 saturated heterocycles. The Morgan fingerprint density at radius 1 is 1.56 bits per heavy atom. The number of carbonyl (C=O) groups excluding carboxylic acids is 3. The summed E-state index contributed by atoms with van der Waals surface area (Å²) in [5.41, 5.74) is 2.28. The van der Waals surface area contributed by atoms with Crippen molar-refractivity contribution in [1.29, 1.82) is 0 Å². The molecule has 2 aliphatic heterocycles. The van der Waals surface area contributed by atoms with E-state index in [0.29, 0.717) is 6.61 Å². The maximum absolute atomic E-state index is 11.4. The number of nitrogens with one attached hydrogen (secondary N) is 2.